The van der Waals surface area contributed by atoms with E-state index in [1.165, 1.54) is 6.42 Å². The van der Waals surface area contributed by atoms with Crippen molar-refractivity contribution < 1.29 is 39.2 Å². The van der Waals surface area contributed by atoms with Gasteiger partial charge < -0.3 is 20.1 Å². The van der Waals surface area contributed by atoms with Crippen molar-refractivity contribution in [3.8, 4) is 0 Å². The first-order valence-corrected chi connectivity index (χ1v) is 12.5. The number of hydrogen-bond acceptors (Lipinski definition) is 6. The van der Waals surface area contributed by atoms with Crippen LogP contribution in [0.3, 0.4) is 0 Å². The normalized spacial score (nSPS) is 14.0. The van der Waals surface area contributed by atoms with E-state index < -0.39 is 41.8 Å². The third-order valence-corrected chi connectivity index (χ3v) is 5.88. The predicted molar refractivity (Wildman–Crippen MR) is 125 cm³/mol. The molecule has 0 aromatic rings. The van der Waals surface area contributed by atoms with E-state index in [-0.39, 0.29) is 12.8 Å². The molecule has 0 saturated carbocycles. The Kier molecular flexibility index (Phi) is 16.5. The monoisotopic (exact) mass is 472 g/mol. The first-order chi connectivity index (χ1) is 15.5. The Morgan fingerprint density at radius 1 is 0.788 bits per heavy atom. The molecule has 0 amide bonds. The summed E-state index contributed by atoms with van der Waals surface area (Å²) in [6, 6.07) is 0. The molecule has 0 rings (SSSR count). The lowest BCUT2D eigenvalue weighted by Gasteiger charge is -2.29. The number of esters is 2. The van der Waals surface area contributed by atoms with Crippen LogP contribution in [0.2, 0.25) is 0 Å². The van der Waals surface area contributed by atoms with E-state index in [4.69, 9.17) is 9.84 Å². The molecule has 0 saturated heterocycles. The molecule has 8 heteroatoms. The largest absolute Gasteiger partial charge is 0.481 e. The Morgan fingerprint density at radius 2 is 1.30 bits per heavy atom. The second-order valence-electron chi connectivity index (χ2n) is 9.40. The maximum absolute atomic E-state index is 12.6. The average Bonchev–Trinajstić information content (AvgIpc) is 2.71. The molecule has 0 fully saturated rings. The van der Waals surface area contributed by atoms with E-state index in [1.807, 2.05) is 0 Å². The van der Waals surface area contributed by atoms with Gasteiger partial charge in [0.25, 0.3) is 0 Å². The summed E-state index contributed by atoms with van der Waals surface area (Å²) in [6.45, 7) is 6.43. The van der Waals surface area contributed by atoms with Crippen LogP contribution in [-0.4, -0.2) is 44.8 Å². The fourth-order valence-corrected chi connectivity index (χ4v) is 3.85. The van der Waals surface area contributed by atoms with Crippen molar-refractivity contribution in [2.45, 2.75) is 123 Å². The van der Waals surface area contributed by atoms with Gasteiger partial charge in [0.1, 0.15) is 0 Å². The number of unbranched alkanes of at least 4 members (excludes halogenated alkanes) is 9. The van der Waals surface area contributed by atoms with Gasteiger partial charge in [0.2, 0.25) is 0 Å². The van der Waals surface area contributed by atoms with Crippen LogP contribution in [0.1, 0.15) is 117 Å². The Labute approximate surface area is 198 Å². The fraction of sp³-hybridized carbons (Fsp3) is 0.840. The molecule has 2 atom stereocenters. The Hall–Kier alpha value is -1.96. The lowest BCUT2D eigenvalue weighted by molar-refractivity contribution is -0.184. The maximum atomic E-state index is 12.6. The molecular weight excluding hydrogens is 428 g/mol. The third kappa shape index (κ3) is 14.0. The van der Waals surface area contributed by atoms with Gasteiger partial charge in [-0.3, -0.25) is 14.4 Å². The maximum Gasteiger partial charge on any atom is 0.337 e. The number of rotatable bonds is 20. The molecule has 0 spiro atoms. The number of carboxylic acids is 2. The number of carbonyl (C=O) groups is 4. The van der Waals surface area contributed by atoms with E-state index >= 15 is 0 Å². The van der Waals surface area contributed by atoms with Gasteiger partial charge in [0, 0.05) is 6.42 Å². The summed E-state index contributed by atoms with van der Waals surface area (Å²) in [4.78, 5) is 47.6. The molecule has 0 aliphatic heterocycles. The molecule has 8 nitrogen and oxygen atoms in total. The van der Waals surface area contributed by atoms with Gasteiger partial charge in [0.15, 0.2) is 5.60 Å². The summed E-state index contributed by atoms with van der Waals surface area (Å²) in [6.07, 6.45) is 9.67. The molecule has 0 radical (unpaired) electrons. The minimum atomic E-state index is -2.83. The van der Waals surface area contributed by atoms with Gasteiger partial charge in [-0.2, -0.15) is 0 Å². The number of aliphatic carboxylic acids is 2. The molecule has 192 valence electrons. The smallest absolute Gasteiger partial charge is 0.337 e. The molecule has 0 heterocycles. The highest BCUT2D eigenvalue weighted by molar-refractivity contribution is 5.93. The van der Waals surface area contributed by atoms with Gasteiger partial charge in [-0.1, -0.05) is 91.4 Å². The molecule has 2 unspecified atom stereocenters. The van der Waals surface area contributed by atoms with Crippen LogP contribution >= 0.6 is 0 Å². The van der Waals surface area contributed by atoms with Crippen molar-refractivity contribution in [2.24, 2.45) is 11.8 Å². The van der Waals surface area contributed by atoms with Crippen molar-refractivity contribution in [2.75, 3.05) is 0 Å². The van der Waals surface area contributed by atoms with Gasteiger partial charge in [0.05, 0.1) is 12.3 Å². The number of carbonyl (C=O) groups excluding carboxylic acids is 2. The number of hydrogen-bond donors (Lipinski definition) is 3. The van der Waals surface area contributed by atoms with Crippen LogP contribution in [0.5, 0.6) is 0 Å². The van der Waals surface area contributed by atoms with Crippen LogP contribution in [0.4, 0.5) is 0 Å². The molecule has 0 aliphatic carbocycles. The fourth-order valence-electron chi connectivity index (χ4n) is 3.85. The second-order valence-corrected chi connectivity index (χ2v) is 9.40. The zero-order chi connectivity index (χ0) is 25.3. The molecule has 0 bridgehead atoms. The highest BCUT2D eigenvalue weighted by Gasteiger charge is 2.50. The summed E-state index contributed by atoms with van der Waals surface area (Å²) >= 11 is 0. The predicted octanol–water partition coefficient (Wildman–Crippen LogP) is 5.10. The summed E-state index contributed by atoms with van der Waals surface area (Å²) in [5.41, 5.74) is -2.83. The standard InChI is InChI=1S/C25H44O8/c1-4-5-6-9-14-17-22(28)33-23(29)20(25(32,24(30)31)18-21(26)27)16-13-11-8-7-10-12-15-19(2)3/h19-20,32H,4-18H2,1-3H3,(H,26,27)(H,30,31). The summed E-state index contributed by atoms with van der Waals surface area (Å²) in [7, 11) is 0. The molecule has 0 aromatic heterocycles. The van der Waals surface area contributed by atoms with Crippen molar-refractivity contribution in [3.05, 3.63) is 0 Å². The average molecular weight is 473 g/mol. The molecule has 0 aromatic carbocycles. The van der Waals surface area contributed by atoms with Gasteiger partial charge in [-0.05, 0) is 18.8 Å². The zero-order valence-corrected chi connectivity index (χ0v) is 20.6. The Balaban J connectivity index is 4.90. The van der Waals surface area contributed by atoms with E-state index in [0.717, 1.165) is 51.4 Å². The topological polar surface area (TPSA) is 138 Å². The highest BCUT2D eigenvalue weighted by Crippen LogP contribution is 2.29. The van der Waals surface area contributed by atoms with Crippen LogP contribution in [0.15, 0.2) is 0 Å². The van der Waals surface area contributed by atoms with E-state index in [9.17, 15) is 29.4 Å². The number of aliphatic hydroxyl groups is 1. The minimum Gasteiger partial charge on any atom is -0.481 e. The van der Waals surface area contributed by atoms with Crippen molar-refractivity contribution in [3.63, 3.8) is 0 Å². The zero-order valence-electron chi connectivity index (χ0n) is 20.6. The van der Waals surface area contributed by atoms with Gasteiger partial charge >= 0.3 is 23.9 Å². The second kappa shape index (κ2) is 17.5. The lowest BCUT2D eigenvalue weighted by atomic mass is 9.81. The quantitative estimate of drug-likeness (QED) is 0.126. The van der Waals surface area contributed by atoms with Crippen molar-refractivity contribution >= 4 is 23.9 Å². The number of carboxylic acid groups (broad SMARTS) is 2. The third-order valence-electron chi connectivity index (χ3n) is 5.88. The van der Waals surface area contributed by atoms with E-state index in [1.54, 1.807) is 0 Å². The van der Waals surface area contributed by atoms with Crippen LogP contribution < -0.4 is 0 Å². The molecular formula is C25H44O8. The Morgan fingerprint density at radius 3 is 1.82 bits per heavy atom. The van der Waals surface area contributed by atoms with Gasteiger partial charge in [-0.15, -0.1) is 0 Å². The summed E-state index contributed by atoms with van der Waals surface area (Å²) in [5.74, 6) is -6.28. The molecule has 33 heavy (non-hydrogen) atoms. The van der Waals surface area contributed by atoms with Gasteiger partial charge in [-0.25, -0.2) is 4.79 Å². The Bertz CT molecular complexity index is 601. The van der Waals surface area contributed by atoms with E-state index in [0.29, 0.717) is 25.2 Å². The SMILES string of the molecule is CCCCCCCC(=O)OC(=O)C(CCCCCCCCC(C)C)C(O)(CC(=O)O)C(=O)O. The van der Waals surface area contributed by atoms with Crippen molar-refractivity contribution in [1.29, 1.82) is 0 Å². The first kappa shape index (κ1) is 31.0. The highest BCUT2D eigenvalue weighted by atomic mass is 16.6. The van der Waals surface area contributed by atoms with Crippen molar-refractivity contribution in [1.82, 2.24) is 0 Å². The molecule has 3 N–H and O–H groups in total. The molecule has 0 aliphatic rings. The van der Waals surface area contributed by atoms with Crippen LogP contribution in [0.25, 0.3) is 0 Å². The summed E-state index contributed by atoms with van der Waals surface area (Å²) in [5, 5.41) is 29.2. The minimum absolute atomic E-state index is 0.0168. The number of ether oxygens (including phenoxy) is 1. The lowest BCUT2D eigenvalue weighted by Crippen LogP contribution is -2.51. The first-order valence-electron chi connectivity index (χ1n) is 12.5. The van der Waals surface area contributed by atoms with E-state index in [2.05, 4.69) is 20.8 Å². The van der Waals surface area contributed by atoms with Crippen LogP contribution in [0, 0.1) is 11.8 Å². The van der Waals surface area contributed by atoms with Crippen LogP contribution in [-0.2, 0) is 23.9 Å². The summed E-state index contributed by atoms with van der Waals surface area (Å²) < 4.78 is 4.84.